The lowest BCUT2D eigenvalue weighted by Crippen LogP contribution is -2.56. The third-order valence-electron chi connectivity index (χ3n) is 6.65. The van der Waals surface area contributed by atoms with Crippen LogP contribution in [0.15, 0.2) is 70.6 Å². The van der Waals surface area contributed by atoms with E-state index in [1.165, 1.54) is 11.1 Å². The van der Waals surface area contributed by atoms with E-state index in [2.05, 4.69) is 21.2 Å². The highest BCUT2D eigenvalue weighted by Gasteiger charge is 2.46. The molecule has 5 rings (SSSR count). The number of likely N-dealkylation sites (tertiary alicyclic amines) is 1. The molecule has 3 aliphatic rings. The van der Waals surface area contributed by atoms with Gasteiger partial charge in [-0.1, -0.05) is 30.3 Å². The normalized spacial score (nSPS) is 20.4. The van der Waals surface area contributed by atoms with Crippen molar-refractivity contribution in [3.63, 3.8) is 0 Å². The summed E-state index contributed by atoms with van der Waals surface area (Å²) in [4.78, 5) is 16.5. The molecule has 0 spiro atoms. The number of benzene rings is 2. The van der Waals surface area contributed by atoms with E-state index in [1.807, 2.05) is 23.1 Å². The summed E-state index contributed by atoms with van der Waals surface area (Å²) in [5.74, 6) is 0.385. The summed E-state index contributed by atoms with van der Waals surface area (Å²) in [7, 11) is 0. The van der Waals surface area contributed by atoms with Gasteiger partial charge in [-0.15, -0.1) is 0 Å². The molecule has 1 amide bonds. The van der Waals surface area contributed by atoms with E-state index in [9.17, 15) is 13.6 Å². The lowest BCUT2D eigenvalue weighted by atomic mass is 9.72. The SMILES string of the molecule is O=C(N1CC(=C2CN(Sc3ccc(OC(F)F)cc3)C2)C1)C1(c2ccccc2)CCOCC1. The molecular formula is C25H26F2N2O3S. The molecule has 33 heavy (non-hydrogen) atoms. The molecule has 0 aliphatic carbocycles. The Balaban J connectivity index is 1.16. The van der Waals surface area contributed by atoms with Crippen LogP contribution in [0.25, 0.3) is 0 Å². The van der Waals surface area contributed by atoms with Crippen LogP contribution in [0.2, 0.25) is 0 Å². The zero-order valence-electron chi connectivity index (χ0n) is 18.2. The predicted molar refractivity (Wildman–Crippen MR) is 122 cm³/mol. The van der Waals surface area contributed by atoms with Crippen LogP contribution < -0.4 is 4.74 Å². The van der Waals surface area contributed by atoms with Crippen molar-refractivity contribution in [2.24, 2.45) is 0 Å². The van der Waals surface area contributed by atoms with E-state index in [0.29, 0.717) is 26.3 Å². The highest BCUT2D eigenvalue weighted by atomic mass is 32.2. The molecule has 0 aromatic heterocycles. The minimum atomic E-state index is -2.81. The van der Waals surface area contributed by atoms with Crippen LogP contribution >= 0.6 is 11.9 Å². The van der Waals surface area contributed by atoms with E-state index in [-0.39, 0.29) is 11.7 Å². The van der Waals surface area contributed by atoms with Crippen LogP contribution in [0.1, 0.15) is 18.4 Å². The molecule has 8 heteroatoms. The highest BCUT2D eigenvalue weighted by Crippen LogP contribution is 2.40. The maximum absolute atomic E-state index is 13.6. The van der Waals surface area contributed by atoms with Crippen molar-refractivity contribution in [2.45, 2.75) is 29.8 Å². The summed E-state index contributed by atoms with van der Waals surface area (Å²) in [6.07, 6.45) is 1.45. The van der Waals surface area contributed by atoms with E-state index < -0.39 is 12.0 Å². The molecule has 5 nitrogen and oxygen atoms in total. The molecule has 0 radical (unpaired) electrons. The average molecular weight is 473 g/mol. The van der Waals surface area contributed by atoms with Gasteiger partial charge in [0.05, 0.1) is 5.41 Å². The fourth-order valence-corrected chi connectivity index (χ4v) is 5.68. The van der Waals surface area contributed by atoms with E-state index in [0.717, 1.165) is 36.4 Å². The van der Waals surface area contributed by atoms with Gasteiger partial charge < -0.3 is 14.4 Å². The van der Waals surface area contributed by atoms with Gasteiger partial charge in [0.1, 0.15) is 5.75 Å². The first-order chi connectivity index (χ1) is 16.0. The Morgan fingerprint density at radius 1 is 0.939 bits per heavy atom. The standard InChI is InChI=1S/C25H26F2N2O3S/c26-24(27)32-21-6-8-22(9-7-21)33-29-16-19(17-29)18-14-28(15-18)23(30)25(10-12-31-13-11-25)20-4-2-1-3-5-20/h1-9,24H,10-17H2. The molecule has 0 atom stereocenters. The molecule has 0 bridgehead atoms. The van der Waals surface area contributed by atoms with Gasteiger partial charge in [0.2, 0.25) is 5.91 Å². The van der Waals surface area contributed by atoms with E-state index in [4.69, 9.17) is 4.74 Å². The summed E-state index contributed by atoms with van der Waals surface area (Å²) in [6, 6.07) is 16.8. The molecule has 2 aromatic carbocycles. The third kappa shape index (κ3) is 4.65. The fraction of sp³-hybridized carbons (Fsp3) is 0.400. The van der Waals surface area contributed by atoms with Crippen molar-refractivity contribution in [3.05, 3.63) is 71.3 Å². The van der Waals surface area contributed by atoms with Crippen molar-refractivity contribution < 1.29 is 23.0 Å². The fourth-order valence-electron chi connectivity index (χ4n) is 4.69. The van der Waals surface area contributed by atoms with Gasteiger partial charge in [-0.2, -0.15) is 8.78 Å². The number of rotatable bonds is 6. The first-order valence-electron chi connectivity index (χ1n) is 11.1. The second-order valence-electron chi connectivity index (χ2n) is 8.67. The number of halogens is 2. The topological polar surface area (TPSA) is 42.0 Å². The number of hydrogen-bond acceptors (Lipinski definition) is 5. The zero-order chi connectivity index (χ0) is 22.8. The first-order valence-corrected chi connectivity index (χ1v) is 11.9. The van der Waals surface area contributed by atoms with Crippen LogP contribution in [-0.2, 0) is 14.9 Å². The Labute approximate surface area is 196 Å². The Kier molecular flexibility index (Phi) is 6.40. The Bertz CT molecular complexity index is 1010. The summed E-state index contributed by atoms with van der Waals surface area (Å²) in [6.45, 7) is 1.55. The molecule has 2 aromatic rings. The van der Waals surface area contributed by atoms with E-state index in [1.54, 1.807) is 36.2 Å². The van der Waals surface area contributed by atoms with Gasteiger partial charge in [0.15, 0.2) is 0 Å². The Morgan fingerprint density at radius 3 is 2.21 bits per heavy atom. The van der Waals surface area contributed by atoms with Gasteiger partial charge in [0, 0.05) is 44.3 Å². The lowest BCUT2D eigenvalue weighted by molar-refractivity contribution is -0.142. The largest absolute Gasteiger partial charge is 0.435 e. The van der Waals surface area contributed by atoms with Crippen molar-refractivity contribution in [1.82, 2.24) is 9.21 Å². The molecule has 3 heterocycles. The van der Waals surface area contributed by atoms with Gasteiger partial charge in [0.25, 0.3) is 0 Å². The quantitative estimate of drug-likeness (QED) is 0.458. The van der Waals surface area contributed by atoms with Crippen molar-refractivity contribution in [2.75, 3.05) is 39.4 Å². The van der Waals surface area contributed by atoms with Crippen LogP contribution in [0.3, 0.4) is 0 Å². The molecule has 3 fully saturated rings. The molecule has 174 valence electrons. The number of alkyl halides is 2. The number of hydrogen-bond donors (Lipinski definition) is 0. The molecule has 0 N–H and O–H groups in total. The van der Waals surface area contributed by atoms with Crippen LogP contribution in [0, 0.1) is 0 Å². The summed E-state index contributed by atoms with van der Waals surface area (Å²) in [5.41, 5.74) is 3.37. The average Bonchev–Trinajstić information content (AvgIpc) is 2.78. The van der Waals surface area contributed by atoms with Crippen LogP contribution in [0.4, 0.5) is 8.78 Å². The summed E-state index contributed by atoms with van der Waals surface area (Å²) < 4.78 is 36.7. The van der Waals surface area contributed by atoms with Gasteiger partial charge in [-0.3, -0.25) is 4.79 Å². The maximum atomic E-state index is 13.6. The maximum Gasteiger partial charge on any atom is 0.387 e. The molecule has 0 unspecified atom stereocenters. The molecule has 0 saturated carbocycles. The smallest absolute Gasteiger partial charge is 0.387 e. The van der Waals surface area contributed by atoms with E-state index >= 15 is 0 Å². The zero-order valence-corrected chi connectivity index (χ0v) is 19.0. The van der Waals surface area contributed by atoms with Crippen molar-refractivity contribution in [3.8, 4) is 5.75 Å². The number of ether oxygens (including phenoxy) is 2. The predicted octanol–water partition coefficient (Wildman–Crippen LogP) is 4.50. The van der Waals surface area contributed by atoms with Gasteiger partial charge >= 0.3 is 6.61 Å². The lowest BCUT2D eigenvalue weighted by Gasteiger charge is -2.46. The third-order valence-corrected chi connectivity index (χ3v) is 7.65. The molecule has 3 aliphatic heterocycles. The number of amides is 1. The minimum absolute atomic E-state index is 0.165. The molecular weight excluding hydrogens is 446 g/mol. The number of nitrogens with zero attached hydrogens (tertiary/aromatic N) is 2. The van der Waals surface area contributed by atoms with Gasteiger partial charge in [-0.05, 0) is 65.8 Å². The molecule has 3 saturated heterocycles. The highest BCUT2D eigenvalue weighted by molar-refractivity contribution is 7.97. The van der Waals surface area contributed by atoms with Crippen LogP contribution in [0.5, 0.6) is 5.75 Å². The Morgan fingerprint density at radius 2 is 1.58 bits per heavy atom. The number of carbonyl (C=O) groups is 1. The second-order valence-corrected chi connectivity index (χ2v) is 9.84. The first kappa shape index (κ1) is 22.4. The number of carbonyl (C=O) groups excluding carboxylic acids is 1. The Hall–Kier alpha value is -2.42. The monoisotopic (exact) mass is 472 g/mol. The summed E-state index contributed by atoms with van der Waals surface area (Å²) >= 11 is 1.60. The summed E-state index contributed by atoms with van der Waals surface area (Å²) in [5, 5.41) is 0. The van der Waals surface area contributed by atoms with Gasteiger partial charge in [-0.25, -0.2) is 4.31 Å². The van der Waals surface area contributed by atoms with Crippen LogP contribution in [-0.4, -0.2) is 61.1 Å². The van der Waals surface area contributed by atoms with Crippen molar-refractivity contribution >= 4 is 17.9 Å². The van der Waals surface area contributed by atoms with Crippen molar-refractivity contribution in [1.29, 1.82) is 0 Å². The minimum Gasteiger partial charge on any atom is -0.435 e. The second kappa shape index (κ2) is 9.44.